The first-order valence-electron chi connectivity index (χ1n) is 14.0. The second kappa shape index (κ2) is 10.9. The Morgan fingerprint density at radius 2 is 1.29 bits per heavy atom. The van der Waals surface area contributed by atoms with Gasteiger partial charge in [0.05, 0.1) is 11.5 Å². The highest BCUT2D eigenvalue weighted by Crippen LogP contribution is 2.48. The molecule has 2 amide bonds. The maximum Gasteiger partial charge on any atom is 0.235 e. The van der Waals surface area contributed by atoms with E-state index in [9.17, 15) is 19.5 Å². The second-order valence-corrected chi connectivity index (χ2v) is 11.5. The monoisotopic (exact) mass is 548 g/mol. The lowest BCUT2D eigenvalue weighted by Crippen LogP contribution is -2.56. The summed E-state index contributed by atoms with van der Waals surface area (Å²) in [6.45, 7) is 9.29. The van der Waals surface area contributed by atoms with Crippen LogP contribution in [0.2, 0.25) is 0 Å². The van der Waals surface area contributed by atoms with E-state index in [0.717, 1.165) is 33.0 Å². The number of carbonyl (C=O) groups excluding carboxylic acids is 3. The van der Waals surface area contributed by atoms with Gasteiger partial charge in [-0.15, -0.1) is 0 Å². The van der Waals surface area contributed by atoms with Crippen LogP contribution in [0.15, 0.2) is 78.9 Å². The topological polar surface area (TPSA) is 95.5 Å². The molecule has 0 bridgehead atoms. The lowest BCUT2D eigenvalue weighted by atomic mass is 9.60. The van der Waals surface area contributed by atoms with E-state index in [1.54, 1.807) is 6.07 Å². The molecule has 6 heteroatoms. The molecular formula is C35H36N2O4. The minimum atomic E-state index is -1.68. The minimum Gasteiger partial charge on any atom is -0.389 e. The molecule has 1 aliphatic rings. The van der Waals surface area contributed by atoms with E-state index in [-0.39, 0.29) is 6.42 Å². The number of ketones is 1. The summed E-state index contributed by atoms with van der Waals surface area (Å²) in [4.78, 5) is 42.0. The zero-order chi connectivity index (χ0) is 29.5. The van der Waals surface area contributed by atoms with Crippen LogP contribution in [0, 0.1) is 39.5 Å². The highest BCUT2D eigenvalue weighted by Gasteiger charge is 2.56. The van der Waals surface area contributed by atoms with Gasteiger partial charge < -0.3 is 15.7 Å². The smallest absolute Gasteiger partial charge is 0.235 e. The number of anilines is 2. The molecule has 0 aliphatic heterocycles. The summed E-state index contributed by atoms with van der Waals surface area (Å²) in [6, 6.07) is 24.7. The van der Waals surface area contributed by atoms with Crippen LogP contribution in [-0.4, -0.2) is 28.3 Å². The Balaban J connectivity index is 1.66. The number of Topliss-reactive ketones (excluding diaryl/α,β-unsaturated/α-hetero) is 1. The van der Waals surface area contributed by atoms with Crippen molar-refractivity contribution in [1.82, 2.24) is 0 Å². The SMILES string of the molecule is Cc1cccc(NC(=O)C2C(=O)CC(C)(O)C(C(=O)Nc3cccc(C)c3C)C2c2cccc3ccccc23)c1C. The van der Waals surface area contributed by atoms with E-state index in [2.05, 4.69) is 10.6 Å². The van der Waals surface area contributed by atoms with Gasteiger partial charge in [0.2, 0.25) is 11.8 Å². The number of amides is 2. The van der Waals surface area contributed by atoms with Crippen molar-refractivity contribution in [1.29, 1.82) is 0 Å². The summed E-state index contributed by atoms with van der Waals surface area (Å²) in [7, 11) is 0. The zero-order valence-corrected chi connectivity index (χ0v) is 24.1. The van der Waals surface area contributed by atoms with Crippen molar-refractivity contribution in [2.45, 2.75) is 52.6 Å². The Bertz CT molecular complexity index is 1670. The van der Waals surface area contributed by atoms with Gasteiger partial charge in [-0.1, -0.05) is 66.7 Å². The Kier molecular flexibility index (Phi) is 7.54. The molecule has 0 aromatic heterocycles. The predicted molar refractivity (Wildman–Crippen MR) is 163 cm³/mol. The van der Waals surface area contributed by atoms with Gasteiger partial charge in [-0.2, -0.15) is 0 Å². The van der Waals surface area contributed by atoms with Gasteiger partial charge in [-0.25, -0.2) is 0 Å². The summed E-state index contributed by atoms with van der Waals surface area (Å²) < 4.78 is 0. The van der Waals surface area contributed by atoms with Crippen LogP contribution in [0.4, 0.5) is 11.4 Å². The van der Waals surface area contributed by atoms with Crippen molar-refractivity contribution < 1.29 is 19.5 Å². The van der Waals surface area contributed by atoms with E-state index in [0.29, 0.717) is 16.9 Å². The third-order valence-corrected chi connectivity index (χ3v) is 8.74. The first-order chi connectivity index (χ1) is 19.5. The molecule has 0 saturated heterocycles. The van der Waals surface area contributed by atoms with E-state index < -0.39 is 41.0 Å². The molecular weight excluding hydrogens is 512 g/mol. The maximum absolute atomic E-state index is 14.2. The third-order valence-electron chi connectivity index (χ3n) is 8.74. The van der Waals surface area contributed by atoms with Crippen LogP contribution < -0.4 is 10.6 Å². The molecule has 1 saturated carbocycles. The molecule has 5 rings (SSSR count). The normalized spacial score (nSPS) is 22.4. The van der Waals surface area contributed by atoms with Gasteiger partial charge in [-0.3, -0.25) is 14.4 Å². The van der Waals surface area contributed by atoms with Crippen molar-refractivity contribution in [3.8, 4) is 0 Å². The van der Waals surface area contributed by atoms with Crippen LogP contribution in [-0.2, 0) is 14.4 Å². The number of benzene rings is 4. The van der Waals surface area contributed by atoms with Crippen LogP contribution >= 0.6 is 0 Å². The third kappa shape index (κ3) is 5.27. The average Bonchev–Trinajstić information content (AvgIpc) is 2.92. The van der Waals surface area contributed by atoms with E-state index in [4.69, 9.17) is 0 Å². The first-order valence-corrected chi connectivity index (χ1v) is 14.0. The van der Waals surface area contributed by atoms with E-state index >= 15 is 0 Å². The molecule has 4 aromatic rings. The fraction of sp³-hybridized carbons (Fsp3) is 0.286. The van der Waals surface area contributed by atoms with Gasteiger partial charge in [0.25, 0.3) is 0 Å². The van der Waals surface area contributed by atoms with Gasteiger partial charge in [0, 0.05) is 23.7 Å². The lowest BCUT2D eigenvalue weighted by Gasteiger charge is -2.45. The Hall–Kier alpha value is -4.29. The number of hydrogen-bond donors (Lipinski definition) is 3. The van der Waals surface area contributed by atoms with Crippen molar-refractivity contribution in [2.24, 2.45) is 11.8 Å². The molecule has 1 aliphatic carbocycles. The molecule has 1 fully saturated rings. The van der Waals surface area contributed by atoms with Gasteiger partial charge in [-0.05, 0) is 85.3 Å². The summed E-state index contributed by atoms with van der Waals surface area (Å²) in [6.07, 6.45) is -0.315. The predicted octanol–water partition coefficient (Wildman–Crippen LogP) is 6.39. The molecule has 0 radical (unpaired) electrons. The highest BCUT2D eigenvalue weighted by molar-refractivity contribution is 6.11. The number of hydrogen-bond acceptors (Lipinski definition) is 4. The largest absolute Gasteiger partial charge is 0.389 e. The Labute approximate surface area is 240 Å². The quantitative estimate of drug-likeness (QED) is 0.252. The fourth-order valence-electron chi connectivity index (χ4n) is 6.20. The zero-order valence-electron chi connectivity index (χ0n) is 24.1. The van der Waals surface area contributed by atoms with Crippen molar-refractivity contribution in [3.05, 3.63) is 107 Å². The first kappa shape index (κ1) is 28.2. The fourth-order valence-corrected chi connectivity index (χ4v) is 6.20. The molecule has 3 N–H and O–H groups in total. The van der Waals surface area contributed by atoms with Gasteiger partial charge in [0.1, 0.15) is 11.7 Å². The Morgan fingerprint density at radius 1 is 0.756 bits per heavy atom. The summed E-state index contributed by atoms with van der Waals surface area (Å²) >= 11 is 0. The standard InChI is InChI=1S/C35H36N2O4/c1-20-11-8-17-27(22(20)3)36-33(39)31-29(38)19-35(5,41)32(34(40)37-28-18-9-12-21(2)23(28)4)30(31)26-16-10-14-24-13-6-7-15-25(24)26/h6-18,30-32,41H,19H2,1-5H3,(H,36,39)(H,37,40). The van der Waals surface area contributed by atoms with Crippen LogP contribution in [0.3, 0.4) is 0 Å². The van der Waals surface area contributed by atoms with Gasteiger partial charge in [0.15, 0.2) is 0 Å². The molecule has 4 unspecified atom stereocenters. The van der Waals surface area contributed by atoms with Crippen LogP contribution in [0.5, 0.6) is 0 Å². The number of fused-ring (bicyclic) bond motifs is 1. The molecule has 4 atom stereocenters. The van der Waals surface area contributed by atoms with Crippen molar-refractivity contribution >= 4 is 39.7 Å². The number of carbonyl (C=O) groups is 3. The molecule has 4 aromatic carbocycles. The second-order valence-electron chi connectivity index (χ2n) is 11.5. The van der Waals surface area contributed by atoms with Crippen molar-refractivity contribution in [3.63, 3.8) is 0 Å². The number of aliphatic hydroxyl groups is 1. The van der Waals surface area contributed by atoms with Crippen molar-refractivity contribution in [2.75, 3.05) is 10.6 Å². The van der Waals surface area contributed by atoms with Crippen LogP contribution in [0.1, 0.15) is 47.1 Å². The Morgan fingerprint density at radius 3 is 1.93 bits per heavy atom. The van der Waals surface area contributed by atoms with E-state index in [1.165, 1.54) is 6.92 Å². The summed E-state index contributed by atoms with van der Waals surface area (Å²) in [5.74, 6) is -4.49. The lowest BCUT2D eigenvalue weighted by molar-refractivity contribution is -0.150. The maximum atomic E-state index is 14.2. The molecule has 210 valence electrons. The highest BCUT2D eigenvalue weighted by atomic mass is 16.3. The molecule has 41 heavy (non-hydrogen) atoms. The van der Waals surface area contributed by atoms with E-state index in [1.807, 2.05) is 100 Å². The molecule has 0 spiro atoms. The number of nitrogens with one attached hydrogen (secondary N) is 2. The molecule has 0 heterocycles. The minimum absolute atomic E-state index is 0.315. The van der Waals surface area contributed by atoms with Gasteiger partial charge >= 0.3 is 0 Å². The van der Waals surface area contributed by atoms with Crippen LogP contribution in [0.25, 0.3) is 10.8 Å². The summed E-state index contributed by atoms with van der Waals surface area (Å²) in [5.41, 5.74) is 4.10. The number of rotatable bonds is 5. The average molecular weight is 549 g/mol. The molecule has 6 nitrogen and oxygen atoms in total. The summed E-state index contributed by atoms with van der Waals surface area (Å²) in [5, 5.41) is 19.5. The number of aryl methyl sites for hydroxylation is 2.